The Morgan fingerprint density at radius 3 is 1.20 bits per heavy atom. The van der Waals surface area contributed by atoms with Crippen LogP contribution >= 0.6 is 11.3 Å². The van der Waals surface area contributed by atoms with Gasteiger partial charge in [0.15, 0.2) is 0 Å². The van der Waals surface area contributed by atoms with E-state index in [9.17, 15) is 0 Å². The minimum Gasteiger partial charge on any atom is -0.460 e. The van der Waals surface area contributed by atoms with Crippen LogP contribution in [-0.4, -0.2) is 9.97 Å². The van der Waals surface area contributed by atoms with Gasteiger partial charge in [0.1, 0.15) is 11.3 Å². The largest absolute Gasteiger partial charge is 0.460 e. The summed E-state index contributed by atoms with van der Waals surface area (Å²) in [6.45, 7) is 62.3. The first-order valence-electron chi connectivity index (χ1n) is 27.0. The van der Waals surface area contributed by atoms with Crippen LogP contribution in [-0.2, 0) is 21.7 Å². The van der Waals surface area contributed by atoms with Crippen molar-refractivity contribution in [3.8, 4) is 0 Å². The maximum absolute atomic E-state index is 6.09. The Morgan fingerprint density at radius 2 is 0.757 bits per heavy atom. The molecule has 0 atom stereocenters. The average molecular weight is 1020 g/mol. The molecule has 408 valence electrons. The van der Waals surface area contributed by atoms with Crippen LogP contribution in [0.1, 0.15) is 216 Å². The van der Waals surface area contributed by atoms with Gasteiger partial charge in [0, 0.05) is 49.9 Å². The number of fused-ring (bicyclic) bond motifs is 4. The number of para-hydroxylation sites is 2. The Bertz CT molecular complexity index is 2460. The fourth-order valence-electron chi connectivity index (χ4n) is 6.68. The lowest BCUT2D eigenvalue weighted by molar-refractivity contribution is 0.409. The standard InChI is InChI=1S/C16H22O.C16H22S.2C9H7N.4C5H12/c2*1-15(2,3)13-11-9-7-8-10-12(11)17-14(13)16(4,5)6;1-2-6-9-8(4-1)5-3-7-10-9;1-2-4-9-7-10-6-5-8(9)3-1;4*1-5(2,3)4/h2*7-10H,1-6H3;2*1-7H;4*1-4H3. The Morgan fingerprint density at radius 1 is 0.351 bits per heavy atom. The highest BCUT2D eigenvalue weighted by Crippen LogP contribution is 2.44. The van der Waals surface area contributed by atoms with Crippen molar-refractivity contribution in [2.24, 2.45) is 21.7 Å². The Balaban J connectivity index is 0.000000447. The highest BCUT2D eigenvalue weighted by atomic mass is 32.1. The van der Waals surface area contributed by atoms with Gasteiger partial charge in [-0.05, 0) is 90.0 Å². The van der Waals surface area contributed by atoms with Gasteiger partial charge >= 0.3 is 0 Å². The Hall–Kier alpha value is -4.80. The van der Waals surface area contributed by atoms with Crippen molar-refractivity contribution in [3.63, 3.8) is 0 Å². The molecule has 0 amide bonds. The number of pyridine rings is 2. The molecule has 4 heteroatoms. The summed E-state index contributed by atoms with van der Waals surface area (Å²) in [6.07, 6.45) is 5.49. The average Bonchev–Trinajstić information content (AvgIpc) is 3.84. The Kier molecular flexibility index (Phi) is 25.3. The molecule has 0 aliphatic rings. The molecule has 0 fully saturated rings. The van der Waals surface area contributed by atoms with Crippen LogP contribution in [0.25, 0.3) is 42.7 Å². The second kappa shape index (κ2) is 27.8. The Labute approximate surface area is 458 Å². The van der Waals surface area contributed by atoms with Gasteiger partial charge in [-0.3, -0.25) is 9.97 Å². The molecule has 3 nitrogen and oxygen atoms in total. The van der Waals surface area contributed by atoms with E-state index < -0.39 is 0 Å². The number of nitrogens with zero attached hydrogens (tertiary/aromatic N) is 2. The van der Waals surface area contributed by atoms with E-state index >= 15 is 0 Å². The lowest BCUT2D eigenvalue weighted by atomic mass is 9.79. The fourth-order valence-corrected chi connectivity index (χ4v) is 8.15. The van der Waals surface area contributed by atoms with Crippen LogP contribution in [0.15, 0.2) is 138 Å². The van der Waals surface area contributed by atoms with E-state index in [0.29, 0.717) is 21.7 Å². The molecule has 0 bridgehead atoms. The van der Waals surface area contributed by atoms with Gasteiger partial charge in [-0.15, -0.1) is 11.3 Å². The quantitative estimate of drug-likeness (QED) is 0.152. The van der Waals surface area contributed by atoms with Gasteiger partial charge in [0.05, 0.1) is 5.52 Å². The van der Waals surface area contributed by atoms with Crippen LogP contribution in [0.2, 0.25) is 0 Å². The number of aromatic nitrogens is 2. The van der Waals surface area contributed by atoms with E-state index in [0.717, 1.165) is 16.9 Å². The summed E-state index contributed by atoms with van der Waals surface area (Å²) in [6, 6.07) is 39.4. The second-order valence-electron chi connectivity index (χ2n) is 30.0. The van der Waals surface area contributed by atoms with Crippen LogP contribution < -0.4 is 0 Å². The van der Waals surface area contributed by atoms with E-state index in [1.807, 2.05) is 78.5 Å². The number of hydrogen-bond donors (Lipinski definition) is 0. The molecule has 0 unspecified atom stereocenters. The molecule has 0 saturated carbocycles. The topological polar surface area (TPSA) is 38.9 Å². The fraction of sp³-hybridized carbons (Fsp3) is 0.514. The van der Waals surface area contributed by atoms with Gasteiger partial charge in [-0.2, -0.15) is 0 Å². The number of hydrogen-bond acceptors (Lipinski definition) is 4. The molecule has 8 rings (SSSR count). The van der Waals surface area contributed by atoms with E-state index in [-0.39, 0.29) is 21.7 Å². The maximum atomic E-state index is 6.09. The zero-order chi connectivity index (χ0) is 57.3. The molecule has 4 heterocycles. The minimum atomic E-state index is 0.0433. The third kappa shape index (κ3) is 28.8. The molecule has 0 aliphatic heterocycles. The zero-order valence-electron chi connectivity index (χ0n) is 52.4. The molecule has 74 heavy (non-hydrogen) atoms. The smallest absolute Gasteiger partial charge is 0.134 e. The van der Waals surface area contributed by atoms with Crippen LogP contribution in [0.3, 0.4) is 0 Å². The number of rotatable bonds is 0. The normalized spacial score (nSPS) is 12.1. The van der Waals surface area contributed by atoms with Crippen molar-refractivity contribution >= 4 is 54.1 Å². The van der Waals surface area contributed by atoms with Crippen LogP contribution in [0.5, 0.6) is 0 Å². The van der Waals surface area contributed by atoms with E-state index in [4.69, 9.17) is 4.42 Å². The summed E-state index contributed by atoms with van der Waals surface area (Å²) in [7, 11) is 0. The molecule has 4 aromatic carbocycles. The van der Waals surface area contributed by atoms with Gasteiger partial charge in [0.2, 0.25) is 0 Å². The molecule has 0 saturated heterocycles. The summed E-state index contributed by atoms with van der Waals surface area (Å²) in [5.41, 5.74) is 7.53. The molecule has 0 spiro atoms. The van der Waals surface area contributed by atoms with Crippen molar-refractivity contribution in [1.29, 1.82) is 0 Å². The van der Waals surface area contributed by atoms with Crippen molar-refractivity contribution in [3.05, 3.63) is 156 Å². The molecular formula is C70H106N2OS. The molecular weight excluding hydrogens is 917 g/mol. The van der Waals surface area contributed by atoms with Gasteiger partial charge in [0.25, 0.3) is 0 Å². The first-order chi connectivity index (χ1) is 33.4. The summed E-state index contributed by atoms with van der Waals surface area (Å²) in [5, 5.41) is 6.34. The zero-order valence-corrected chi connectivity index (χ0v) is 53.2. The van der Waals surface area contributed by atoms with Crippen molar-refractivity contribution in [2.45, 2.75) is 216 Å². The van der Waals surface area contributed by atoms with Crippen molar-refractivity contribution < 1.29 is 4.42 Å². The molecule has 0 radical (unpaired) electrons. The van der Waals surface area contributed by atoms with Crippen molar-refractivity contribution in [2.75, 3.05) is 0 Å². The van der Waals surface area contributed by atoms with E-state index in [1.165, 1.54) is 47.6 Å². The van der Waals surface area contributed by atoms with Crippen LogP contribution in [0, 0.1) is 21.7 Å². The van der Waals surface area contributed by atoms with E-state index in [2.05, 4.69) is 271 Å². The number of thiophene rings is 1. The van der Waals surface area contributed by atoms with Gasteiger partial charge < -0.3 is 4.42 Å². The third-order valence-electron chi connectivity index (χ3n) is 9.12. The molecule has 4 aromatic heterocycles. The lowest BCUT2D eigenvalue weighted by Gasteiger charge is -2.26. The van der Waals surface area contributed by atoms with Gasteiger partial charge in [-0.1, -0.05) is 279 Å². The molecule has 0 N–H and O–H groups in total. The lowest BCUT2D eigenvalue weighted by Crippen LogP contribution is -2.20. The third-order valence-corrected chi connectivity index (χ3v) is 10.7. The summed E-state index contributed by atoms with van der Waals surface area (Å²) in [4.78, 5) is 9.73. The first kappa shape index (κ1) is 67.2. The maximum Gasteiger partial charge on any atom is 0.134 e. The molecule has 8 aromatic rings. The predicted octanol–water partition coefficient (Wildman–Crippen LogP) is 23.2. The molecule has 0 aliphatic carbocycles. The number of benzene rings is 4. The predicted molar refractivity (Wildman–Crippen MR) is 337 cm³/mol. The minimum absolute atomic E-state index is 0.0433. The summed E-state index contributed by atoms with van der Waals surface area (Å²) >= 11 is 1.96. The SMILES string of the molecule is CC(C)(C)C.CC(C)(C)C.CC(C)(C)C.CC(C)(C)C.CC(C)(C)c1oc2ccccc2c1C(C)(C)C.CC(C)(C)c1sc2ccccc2c1C(C)(C)C.c1ccc2cnccc2c1.c1ccc2ncccc2c1. The summed E-state index contributed by atoms with van der Waals surface area (Å²) < 4.78 is 7.51. The number of furan rings is 1. The van der Waals surface area contributed by atoms with Crippen molar-refractivity contribution in [1.82, 2.24) is 9.97 Å². The van der Waals surface area contributed by atoms with E-state index in [1.54, 1.807) is 0 Å². The second-order valence-corrected chi connectivity index (χ2v) is 31.1. The monoisotopic (exact) mass is 1020 g/mol. The summed E-state index contributed by atoms with van der Waals surface area (Å²) in [5.74, 6) is 1.12. The highest BCUT2D eigenvalue weighted by molar-refractivity contribution is 7.19. The van der Waals surface area contributed by atoms with Gasteiger partial charge in [-0.25, -0.2) is 0 Å². The van der Waals surface area contributed by atoms with Crippen LogP contribution in [0.4, 0.5) is 0 Å². The first-order valence-corrected chi connectivity index (χ1v) is 27.8. The highest BCUT2D eigenvalue weighted by Gasteiger charge is 2.32.